The van der Waals surface area contributed by atoms with Crippen molar-refractivity contribution in [3.8, 4) is 0 Å². The van der Waals surface area contributed by atoms with Crippen molar-refractivity contribution in [2.24, 2.45) is 0 Å². The quantitative estimate of drug-likeness (QED) is 0.186. The van der Waals surface area contributed by atoms with E-state index in [9.17, 15) is 35.7 Å². The summed E-state index contributed by atoms with van der Waals surface area (Å²) in [7, 11) is 0. The molecule has 0 amide bonds. The van der Waals surface area contributed by atoms with Gasteiger partial charge < -0.3 is 54.9 Å². The van der Waals surface area contributed by atoms with E-state index in [2.05, 4.69) is 0 Å². The third kappa shape index (κ3) is 5.79. The number of rotatable bonds is 7. The monoisotopic (exact) mass is 473 g/mol. The first-order chi connectivity index (χ1) is 14.2. The van der Waals surface area contributed by atoms with Crippen LogP contribution in [0.4, 0.5) is 0 Å². The average molecular weight is 474 g/mol. The van der Waals surface area contributed by atoms with E-state index in [4.69, 9.17) is 26.4 Å². The van der Waals surface area contributed by atoms with Crippen LogP contribution in [0.25, 0.3) is 0 Å². The summed E-state index contributed by atoms with van der Waals surface area (Å²) >= 11 is 6.38. The number of ether oxygens (including phenoxy) is 3. The lowest BCUT2D eigenvalue weighted by Crippen LogP contribution is -2.61. The Morgan fingerprint density at radius 2 is 1.43 bits per heavy atom. The van der Waals surface area contributed by atoms with Gasteiger partial charge in [0, 0.05) is 13.1 Å². The maximum atomic E-state index is 10.3. The first kappa shape index (κ1) is 26.1. The Morgan fingerprint density at radius 1 is 0.867 bits per heavy atom. The molecule has 10 atom stereocenters. The Kier molecular flexibility index (Phi) is 10.1. The zero-order valence-electron chi connectivity index (χ0n) is 16.7. The minimum atomic E-state index is -1.61. The van der Waals surface area contributed by atoms with Crippen LogP contribution in [0.1, 0.15) is 13.8 Å². The highest BCUT2D eigenvalue weighted by atomic mass is 32.2. The summed E-state index contributed by atoms with van der Waals surface area (Å²) in [5.41, 5.74) is -0.972. The molecule has 0 aromatic rings. The van der Waals surface area contributed by atoms with Crippen molar-refractivity contribution in [1.82, 2.24) is 4.90 Å². The molecule has 0 unspecified atom stereocenters. The van der Waals surface area contributed by atoms with Crippen LogP contribution >= 0.6 is 24.0 Å². The lowest BCUT2D eigenvalue weighted by Gasteiger charge is -2.43. The van der Waals surface area contributed by atoms with Crippen LogP contribution in [0, 0.1) is 0 Å². The van der Waals surface area contributed by atoms with Crippen LogP contribution in [-0.4, -0.2) is 132 Å². The molecular weight excluding hydrogens is 442 g/mol. The summed E-state index contributed by atoms with van der Waals surface area (Å²) in [6.07, 6.45) is -12.8. The van der Waals surface area contributed by atoms with E-state index in [1.807, 2.05) is 18.7 Å². The Labute approximate surface area is 184 Å². The largest absolute Gasteiger partial charge is 0.394 e. The zero-order chi connectivity index (χ0) is 22.6. The molecule has 0 aromatic carbocycles. The van der Waals surface area contributed by atoms with Crippen LogP contribution in [0.3, 0.4) is 0 Å². The van der Waals surface area contributed by atoms with Gasteiger partial charge in [0.25, 0.3) is 0 Å². The molecule has 0 aromatic heterocycles. The van der Waals surface area contributed by atoms with Crippen molar-refractivity contribution in [3.63, 3.8) is 0 Å². The maximum absolute atomic E-state index is 10.3. The fourth-order valence-corrected chi connectivity index (χ4v) is 4.85. The van der Waals surface area contributed by atoms with Gasteiger partial charge in [-0.15, -0.1) is 0 Å². The Morgan fingerprint density at radius 3 is 2.00 bits per heavy atom. The fraction of sp³-hybridized carbons (Fsp3) is 0.941. The minimum absolute atomic E-state index is 0.372. The van der Waals surface area contributed by atoms with Gasteiger partial charge in [0.1, 0.15) is 58.6 Å². The number of hydrogen-bond donors (Lipinski definition) is 7. The number of hydrogen-bond acceptors (Lipinski definition) is 12. The lowest BCUT2D eigenvalue weighted by molar-refractivity contribution is -0.311. The highest BCUT2D eigenvalue weighted by Crippen LogP contribution is 2.31. The third-order valence-electron chi connectivity index (χ3n) is 5.18. The number of thiocarbonyl (C=S) groups is 1. The molecule has 0 spiro atoms. The molecule has 13 heteroatoms. The highest BCUT2D eigenvalue weighted by molar-refractivity contribution is 8.23. The van der Waals surface area contributed by atoms with Gasteiger partial charge in [-0.1, -0.05) is 24.0 Å². The van der Waals surface area contributed by atoms with Gasteiger partial charge in [-0.3, -0.25) is 0 Å². The van der Waals surface area contributed by atoms with Crippen LogP contribution < -0.4 is 0 Å². The second-order valence-corrected chi connectivity index (χ2v) is 8.83. The van der Waals surface area contributed by atoms with Gasteiger partial charge in [0.2, 0.25) is 0 Å². The van der Waals surface area contributed by atoms with Gasteiger partial charge in [-0.2, -0.15) is 0 Å². The molecule has 2 rings (SSSR count). The second kappa shape index (κ2) is 11.6. The van der Waals surface area contributed by atoms with E-state index >= 15 is 0 Å². The number of aliphatic hydroxyl groups excluding tert-OH is 7. The molecule has 2 fully saturated rings. The van der Waals surface area contributed by atoms with Gasteiger partial charge in [0.05, 0.1) is 13.2 Å². The SMILES string of the molecule is CCN(CC)C(=S)S[C@@H]1O[C@H](CO[C@H]2O[C@H](CO)[C@H](O)[C@H](O)[C@H]2O)[C@@H](O)[C@H](O)[C@H]1O. The van der Waals surface area contributed by atoms with E-state index < -0.39 is 67.2 Å². The first-order valence-electron chi connectivity index (χ1n) is 9.73. The van der Waals surface area contributed by atoms with Gasteiger partial charge in [0.15, 0.2) is 6.29 Å². The molecule has 0 aliphatic carbocycles. The molecule has 11 nitrogen and oxygen atoms in total. The molecule has 0 saturated carbocycles. The normalized spacial score (nSPS) is 42.2. The third-order valence-corrected chi connectivity index (χ3v) is 6.81. The van der Waals surface area contributed by atoms with Crippen molar-refractivity contribution in [2.75, 3.05) is 26.3 Å². The Hall–Kier alpha value is -0.160. The summed E-state index contributed by atoms with van der Waals surface area (Å²) < 4.78 is 16.8. The van der Waals surface area contributed by atoms with Gasteiger partial charge in [-0.25, -0.2) is 0 Å². The second-order valence-electron chi connectivity index (χ2n) is 7.10. The lowest BCUT2D eigenvalue weighted by atomic mass is 9.99. The number of nitrogens with zero attached hydrogens (tertiary/aromatic N) is 1. The maximum Gasteiger partial charge on any atom is 0.186 e. The summed E-state index contributed by atoms with van der Waals surface area (Å²) in [6.45, 7) is 4.16. The van der Waals surface area contributed by atoms with Crippen LogP contribution in [0.2, 0.25) is 0 Å². The average Bonchev–Trinajstić information content (AvgIpc) is 2.73. The van der Waals surface area contributed by atoms with E-state index in [0.717, 1.165) is 11.8 Å². The van der Waals surface area contributed by atoms with Gasteiger partial charge in [-0.05, 0) is 13.8 Å². The molecule has 0 bridgehead atoms. The molecule has 176 valence electrons. The van der Waals surface area contributed by atoms with Gasteiger partial charge >= 0.3 is 0 Å². The Balaban J connectivity index is 2.01. The molecule has 0 radical (unpaired) electrons. The predicted molar refractivity (Wildman–Crippen MR) is 110 cm³/mol. The van der Waals surface area contributed by atoms with Crippen LogP contribution in [0.15, 0.2) is 0 Å². The van der Waals surface area contributed by atoms with E-state index in [0.29, 0.717) is 17.4 Å². The smallest absolute Gasteiger partial charge is 0.186 e. The van der Waals surface area contributed by atoms with Crippen molar-refractivity contribution < 1.29 is 50.0 Å². The first-order valence-corrected chi connectivity index (χ1v) is 11.0. The number of aliphatic hydroxyl groups is 7. The summed E-state index contributed by atoms with van der Waals surface area (Å²) in [6, 6.07) is 0. The fourth-order valence-electron chi connectivity index (χ4n) is 3.20. The number of thioether (sulfide) groups is 1. The molecule has 2 saturated heterocycles. The molecule has 30 heavy (non-hydrogen) atoms. The predicted octanol–water partition coefficient (Wildman–Crippen LogP) is -3.03. The summed E-state index contributed by atoms with van der Waals surface area (Å²) in [4.78, 5) is 1.87. The molecular formula is C17H31NO10S2. The van der Waals surface area contributed by atoms with Crippen molar-refractivity contribution in [1.29, 1.82) is 0 Å². The standard InChI is InChI=1S/C17H31NO10S2/c1-3-18(4-2)17(29)30-16-14(25)12(23)10(21)8(28-16)6-26-15-13(24)11(22)9(20)7(5-19)27-15/h7-16,19-25H,3-6H2,1-2H3/t7-,8-,9+,10-,11+,12+,13-,14-,15+,16+/m1/s1. The highest BCUT2D eigenvalue weighted by Gasteiger charge is 2.47. The summed E-state index contributed by atoms with van der Waals surface area (Å²) in [5.74, 6) is 0. The Bertz CT molecular complexity index is 555. The van der Waals surface area contributed by atoms with Crippen molar-refractivity contribution in [2.45, 2.75) is 74.4 Å². The summed E-state index contributed by atoms with van der Waals surface area (Å²) in [5, 5.41) is 69.6. The molecule has 2 aliphatic rings. The molecule has 7 N–H and O–H groups in total. The zero-order valence-corrected chi connectivity index (χ0v) is 18.4. The van der Waals surface area contributed by atoms with Crippen molar-refractivity contribution >= 4 is 28.3 Å². The van der Waals surface area contributed by atoms with E-state index in [1.54, 1.807) is 0 Å². The van der Waals surface area contributed by atoms with E-state index in [-0.39, 0.29) is 6.61 Å². The molecule has 2 heterocycles. The minimum Gasteiger partial charge on any atom is -0.394 e. The van der Waals surface area contributed by atoms with Crippen molar-refractivity contribution in [3.05, 3.63) is 0 Å². The van der Waals surface area contributed by atoms with E-state index in [1.165, 1.54) is 0 Å². The van der Waals surface area contributed by atoms with Crippen LogP contribution in [-0.2, 0) is 14.2 Å². The molecule has 2 aliphatic heterocycles. The topological polar surface area (TPSA) is 173 Å². The van der Waals surface area contributed by atoms with Crippen LogP contribution in [0.5, 0.6) is 0 Å².